The standard InChI is InChI=1S/C40H48N4O5S2/c1-4-6-28-10-12-35(50-28)36-13-14-37(51-36)38(49)31-11-9-25-19-40(31)18-24(30(20-40)34(48)22-45)7-5-8-29-26(16-32(25)44-39(41)42-3)15-27(47)17-33(29)43-21-23(2)46/h10,12-15,17,23-25,30-32,34,43,45-48H,7,9,11,16,18-22H2,1-3H3,(H3,41,42,44). The first-order valence-electron chi connectivity index (χ1n) is 17.8. The molecule has 6 rings (SSSR count). The van der Waals surface area contributed by atoms with Crippen LogP contribution in [-0.2, 0) is 6.42 Å². The molecule has 9 nitrogen and oxygen atoms in total. The van der Waals surface area contributed by atoms with Crippen LogP contribution in [0.15, 0.2) is 41.4 Å². The zero-order valence-corrected chi connectivity index (χ0v) is 31.0. The first kappa shape index (κ1) is 36.9. The van der Waals surface area contributed by atoms with Gasteiger partial charge in [-0.1, -0.05) is 17.8 Å². The van der Waals surface area contributed by atoms with Gasteiger partial charge in [0.05, 0.1) is 39.8 Å². The molecule has 1 spiro atoms. The minimum absolute atomic E-state index is 0.0284. The van der Waals surface area contributed by atoms with E-state index in [2.05, 4.69) is 45.4 Å². The number of nitrogens with zero attached hydrogens (tertiary/aromatic N) is 1. The van der Waals surface area contributed by atoms with E-state index in [4.69, 9.17) is 5.73 Å². The van der Waals surface area contributed by atoms with Crippen LogP contribution in [0.5, 0.6) is 5.75 Å². The lowest BCUT2D eigenvalue weighted by molar-refractivity contribution is 0.0156. The van der Waals surface area contributed by atoms with Gasteiger partial charge in [-0.15, -0.1) is 28.6 Å². The van der Waals surface area contributed by atoms with E-state index in [1.54, 1.807) is 37.4 Å². The Kier molecular flexibility index (Phi) is 11.5. The number of thiophene rings is 2. The number of hydrogen-bond acceptors (Lipinski definition) is 9. The van der Waals surface area contributed by atoms with Crippen molar-refractivity contribution in [1.82, 2.24) is 5.32 Å². The summed E-state index contributed by atoms with van der Waals surface area (Å²) in [6.07, 6.45) is 3.01. The van der Waals surface area contributed by atoms with Crippen LogP contribution in [0.3, 0.4) is 0 Å². The normalized spacial score (nSPS) is 26.9. The second kappa shape index (κ2) is 15.8. The van der Waals surface area contributed by atoms with E-state index >= 15 is 0 Å². The Labute approximate surface area is 308 Å². The largest absolute Gasteiger partial charge is 0.508 e. The van der Waals surface area contributed by atoms with Gasteiger partial charge >= 0.3 is 0 Å². The molecule has 0 radical (unpaired) electrons. The number of phenolic OH excluding ortho intramolecular Hbond substituents is 1. The molecule has 8 N–H and O–H groups in total. The lowest BCUT2D eigenvalue weighted by Gasteiger charge is -2.47. The molecule has 3 aliphatic rings. The molecule has 8 unspecified atom stereocenters. The Balaban J connectivity index is 1.40. The van der Waals surface area contributed by atoms with Gasteiger partial charge in [0, 0.05) is 47.8 Å². The number of fused-ring (bicyclic) bond motifs is 3. The molecule has 8 atom stereocenters. The van der Waals surface area contributed by atoms with Crippen LogP contribution in [0.4, 0.5) is 5.69 Å². The number of ketones is 1. The van der Waals surface area contributed by atoms with E-state index < -0.39 is 17.6 Å². The van der Waals surface area contributed by atoms with Crippen molar-refractivity contribution in [2.45, 2.75) is 77.0 Å². The van der Waals surface area contributed by atoms with Crippen molar-refractivity contribution >= 4 is 40.1 Å². The molecule has 2 heterocycles. The Morgan fingerprint density at radius 2 is 1.88 bits per heavy atom. The van der Waals surface area contributed by atoms with Crippen LogP contribution < -0.4 is 16.4 Å². The molecule has 51 heavy (non-hydrogen) atoms. The zero-order chi connectivity index (χ0) is 36.3. The van der Waals surface area contributed by atoms with Crippen molar-refractivity contribution in [1.29, 1.82) is 0 Å². The molecule has 11 heteroatoms. The van der Waals surface area contributed by atoms with Gasteiger partial charge < -0.3 is 36.8 Å². The number of aliphatic hydroxyl groups excluding tert-OH is 3. The fourth-order valence-electron chi connectivity index (χ4n) is 8.78. The highest BCUT2D eigenvalue weighted by Gasteiger charge is 2.56. The molecule has 2 aromatic heterocycles. The highest BCUT2D eigenvalue weighted by Crippen LogP contribution is 2.60. The molecule has 2 fully saturated rings. The van der Waals surface area contributed by atoms with E-state index in [1.165, 1.54) is 11.3 Å². The Bertz CT molecular complexity index is 1890. The number of carbonyl (C=O) groups excluding carboxylic acids is 1. The van der Waals surface area contributed by atoms with Crippen LogP contribution in [0.1, 0.15) is 78.0 Å². The summed E-state index contributed by atoms with van der Waals surface area (Å²) in [7, 11) is 1.64. The summed E-state index contributed by atoms with van der Waals surface area (Å²) in [6.45, 7) is 3.46. The summed E-state index contributed by atoms with van der Waals surface area (Å²) in [5.41, 5.74) is 8.14. The maximum absolute atomic E-state index is 14.7. The average molecular weight is 729 g/mol. The molecular formula is C40H48N4O5S2. The second-order valence-corrected chi connectivity index (χ2v) is 16.6. The van der Waals surface area contributed by atoms with Crippen LogP contribution in [0.2, 0.25) is 0 Å². The SMILES string of the molecule is CC#Cc1ccc(-c2ccc(C(=O)C3CCC4CC35CC(CC#Cc3c(cc(O)cc3NCC(C)O)CC4NC(N)=NC)C(C(O)CO)C5)s2)s1. The first-order valence-corrected chi connectivity index (χ1v) is 19.4. The first-order chi connectivity index (χ1) is 24.5. The molecule has 3 aromatic rings. The minimum Gasteiger partial charge on any atom is -0.508 e. The Morgan fingerprint density at radius 1 is 1.12 bits per heavy atom. The van der Waals surface area contributed by atoms with Gasteiger partial charge in [-0.2, -0.15) is 0 Å². The predicted octanol–water partition coefficient (Wildman–Crippen LogP) is 5.21. The molecule has 0 aliphatic heterocycles. The van der Waals surface area contributed by atoms with Gasteiger partial charge in [-0.25, -0.2) is 0 Å². The number of aliphatic hydroxyl groups is 3. The number of nitrogens with two attached hydrogens (primary N) is 1. The van der Waals surface area contributed by atoms with Crippen molar-refractivity contribution in [2.75, 3.05) is 25.5 Å². The number of aromatic hydroxyl groups is 1. The number of hydrogen-bond donors (Lipinski definition) is 7. The predicted molar refractivity (Wildman–Crippen MR) is 205 cm³/mol. The fourth-order valence-corrected chi connectivity index (χ4v) is 10.8. The number of aliphatic imine (C=N–C) groups is 1. The number of carbonyl (C=O) groups is 1. The molecule has 3 aliphatic carbocycles. The van der Waals surface area contributed by atoms with Crippen molar-refractivity contribution in [3.05, 3.63) is 57.3 Å². The number of anilines is 1. The topological polar surface area (TPSA) is 160 Å². The van der Waals surface area contributed by atoms with Crippen LogP contribution in [0.25, 0.3) is 9.75 Å². The number of rotatable bonds is 9. The zero-order valence-electron chi connectivity index (χ0n) is 29.4. The van der Waals surface area contributed by atoms with E-state index in [1.807, 2.05) is 25.1 Å². The van der Waals surface area contributed by atoms with Gasteiger partial charge in [0.2, 0.25) is 0 Å². The van der Waals surface area contributed by atoms with Crippen LogP contribution in [-0.4, -0.2) is 70.6 Å². The summed E-state index contributed by atoms with van der Waals surface area (Å²) < 4.78 is 0. The molecule has 0 saturated heterocycles. The van der Waals surface area contributed by atoms with Crippen molar-refractivity contribution in [2.24, 2.45) is 39.8 Å². The third kappa shape index (κ3) is 7.99. The van der Waals surface area contributed by atoms with Gasteiger partial charge in [0.25, 0.3) is 0 Å². The van der Waals surface area contributed by atoms with Crippen molar-refractivity contribution in [3.63, 3.8) is 0 Å². The maximum Gasteiger partial charge on any atom is 0.188 e. The molecule has 1 aromatic carbocycles. The van der Waals surface area contributed by atoms with Crippen molar-refractivity contribution < 1.29 is 25.2 Å². The van der Waals surface area contributed by atoms with Gasteiger partial charge in [-0.05, 0) is 111 Å². The van der Waals surface area contributed by atoms with E-state index in [0.717, 1.165) is 49.9 Å². The number of guanidine groups is 1. The molecule has 0 amide bonds. The third-order valence-electron chi connectivity index (χ3n) is 11.0. The summed E-state index contributed by atoms with van der Waals surface area (Å²) >= 11 is 3.16. The molecule has 3 bridgehead atoms. The highest BCUT2D eigenvalue weighted by molar-refractivity contribution is 7.23. The number of nitrogens with one attached hydrogen (secondary N) is 2. The third-order valence-corrected chi connectivity index (χ3v) is 13.3. The monoisotopic (exact) mass is 728 g/mol. The lowest BCUT2D eigenvalue weighted by atomic mass is 9.58. The Hall–Kier alpha value is -3.84. The summed E-state index contributed by atoms with van der Waals surface area (Å²) in [5.74, 6) is 13.0. The molecule has 2 saturated carbocycles. The fraction of sp³-hybridized carbons (Fsp3) is 0.500. The molecular weight excluding hydrogens is 681 g/mol. The lowest BCUT2D eigenvalue weighted by Crippen LogP contribution is -2.50. The summed E-state index contributed by atoms with van der Waals surface area (Å²) in [5, 5.41) is 49.0. The Morgan fingerprint density at radius 3 is 2.63 bits per heavy atom. The van der Waals surface area contributed by atoms with Crippen molar-refractivity contribution in [3.8, 4) is 39.2 Å². The quantitative estimate of drug-likeness (QED) is 0.0685. The van der Waals surface area contributed by atoms with Crippen LogP contribution >= 0.6 is 22.7 Å². The molecule has 270 valence electrons. The van der Waals surface area contributed by atoms with Crippen LogP contribution in [0, 0.1) is 52.8 Å². The maximum atomic E-state index is 14.7. The average Bonchev–Trinajstić information content (AvgIpc) is 3.86. The minimum atomic E-state index is -0.922. The smallest absolute Gasteiger partial charge is 0.188 e. The van der Waals surface area contributed by atoms with E-state index in [9.17, 15) is 25.2 Å². The van der Waals surface area contributed by atoms with E-state index in [-0.39, 0.29) is 54.4 Å². The second-order valence-electron chi connectivity index (χ2n) is 14.4. The summed E-state index contributed by atoms with van der Waals surface area (Å²) in [6, 6.07) is 11.3. The van der Waals surface area contributed by atoms with E-state index in [0.29, 0.717) is 37.3 Å². The highest BCUT2D eigenvalue weighted by atomic mass is 32.1. The number of phenols is 1. The number of benzene rings is 1. The summed E-state index contributed by atoms with van der Waals surface area (Å²) in [4.78, 5) is 22.8. The number of Topliss-reactive ketones (excluding diaryl/α,β-unsaturated/α-hetero) is 1. The van der Waals surface area contributed by atoms with Gasteiger partial charge in [-0.3, -0.25) is 9.79 Å². The van der Waals surface area contributed by atoms with Gasteiger partial charge in [0.1, 0.15) is 5.75 Å². The van der Waals surface area contributed by atoms with Gasteiger partial charge in [0.15, 0.2) is 11.7 Å².